The van der Waals surface area contributed by atoms with Gasteiger partial charge in [0.05, 0.1) is 141 Å². The number of halogens is 9. The number of carboxylic acids is 2. The second kappa shape index (κ2) is 53.8. The molecule has 2 aliphatic rings. The van der Waals surface area contributed by atoms with Crippen LogP contribution >= 0.6 is 104 Å². The summed E-state index contributed by atoms with van der Waals surface area (Å²) in [4.78, 5) is 160. The number of likely N-dealkylation sites (tertiary alicyclic amines) is 2. The fraction of sp³-hybridized carbons (Fsp3) is 0.280. The van der Waals surface area contributed by atoms with Crippen LogP contribution in [0.5, 0.6) is 0 Å². The van der Waals surface area contributed by atoms with Crippen molar-refractivity contribution in [1.29, 1.82) is 0 Å². The summed E-state index contributed by atoms with van der Waals surface area (Å²) in [6.07, 6.45) is 9.29. The number of hydrogen-bond donors (Lipinski definition) is 14. The van der Waals surface area contributed by atoms with E-state index in [2.05, 4.69) is 91.6 Å². The number of nitrogen functional groups attached to an aromatic ring is 1. The molecule has 0 atom stereocenters. The predicted octanol–water partition coefficient (Wildman–Crippen LogP) is 11.0. The first kappa shape index (κ1) is 113. The number of rotatable bonds is 16. The molecule has 56 heteroatoms. The quantitative estimate of drug-likeness (QED) is 0.0107. The number of aromatic amines is 6. The summed E-state index contributed by atoms with van der Waals surface area (Å²) in [5.74, 6) is -6.73. The van der Waals surface area contributed by atoms with E-state index in [9.17, 15) is 77.8 Å². The number of aromatic nitrogens is 12. The van der Waals surface area contributed by atoms with Crippen LogP contribution in [-0.4, -0.2) is 238 Å². The van der Waals surface area contributed by atoms with Gasteiger partial charge in [-0.2, -0.15) is 30.6 Å². The average molecular weight is 2020 g/mol. The van der Waals surface area contributed by atoms with Gasteiger partial charge in [0.1, 0.15) is 29.3 Å². The molecule has 2 saturated heterocycles. The molecule has 0 saturated carbocycles. The van der Waals surface area contributed by atoms with Gasteiger partial charge in [-0.15, -0.1) is 0 Å². The summed E-state index contributed by atoms with van der Waals surface area (Å²) in [6, 6.07) is 18.9. The zero-order chi connectivity index (χ0) is 96.5. The van der Waals surface area contributed by atoms with Gasteiger partial charge in [-0.05, 0) is 127 Å². The first-order valence-electron chi connectivity index (χ1n) is 36.5. The number of carboxylic acid groups (broad SMARTS) is 2. The average Bonchev–Trinajstić information content (AvgIpc) is 1.75. The molecule has 6 aromatic heterocycles. The molecule has 0 bridgehead atoms. The molecule has 0 radical (unpaired) electrons. The molecule has 8 heterocycles. The Kier molecular flexibility index (Phi) is 46.3. The molecule has 0 spiro atoms. The molecule has 4 aromatic carbocycles. The van der Waals surface area contributed by atoms with Crippen LogP contribution in [0.4, 0.5) is 43.7 Å². The Balaban J connectivity index is 0.000000398. The zero-order valence-electron chi connectivity index (χ0n) is 70.1. The minimum absolute atomic E-state index is 0. The van der Waals surface area contributed by atoms with Crippen LogP contribution in [0.25, 0.3) is 0 Å². The van der Waals surface area contributed by atoms with Crippen LogP contribution in [0.2, 0.25) is 40.2 Å². The second-order valence-corrected chi connectivity index (χ2v) is 31.2. The van der Waals surface area contributed by atoms with E-state index in [4.69, 9.17) is 136 Å². The first-order chi connectivity index (χ1) is 60.6. The molecule has 10 aromatic rings. The third-order valence-corrected chi connectivity index (χ3v) is 18.9. The summed E-state index contributed by atoms with van der Waals surface area (Å²) in [5.41, 5.74) is 9.72. The Hall–Kier alpha value is -12.3. The number of esters is 3. The molecule has 2 fully saturated rings. The van der Waals surface area contributed by atoms with E-state index < -0.39 is 91.1 Å². The Bertz CT molecular complexity index is 5560. The molecular weight excluding hydrogens is 1940 g/mol. The van der Waals surface area contributed by atoms with Gasteiger partial charge in [-0.25, -0.2) is 33.6 Å². The van der Waals surface area contributed by atoms with Gasteiger partial charge in [0.15, 0.2) is 17.1 Å². The molecule has 12 rings (SSSR count). The monoisotopic (exact) mass is 2010 g/mol. The largest absolute Gasteiger partial charge is 1.00 e. The SMILES string of the molecule is CC(C)(C)OC(=O)N1CCC(N)CC1.CC(C)(C)OC(=O)N1CCC(NC(=O)c2[nH]ncc2NC(=O)c2c(Cl)cccc2Cl)CC1.COC(=O)c1[nH]ncc1N.COC(=O)c1[nH]ncc1NC(=O)c1c(Cl)cccc1Cl.COC(=O)c1[nH]ncc1[N+](=O)[O-].O=C(Cl)c1c(Cl)cccc1Cl.O=C(O)c1[nH]ncc1NC(=O)c1c(Cl)cccc1Cl.O=C(O)c1[nH]ncc1[N+](=O)[O-].[Na+].[OH-]. The fourth-order valence-corrected chi connectivity index (χ4v) is 12.7. The number of nitro groups is 2. The third-order valence-electron chi connectivity index (χ3n) is 16.2. The van der Waals surface area contributed by atoms with E-state index >= 15 is 0 Å². The van der Waals surface area contributed by atoms with E-state index in [1.165, 1.54) is 51.1 Å². The summed E-state index contributed by atoms with van der Waals surface area (Å²) < 4.78 is 23.9. The van der Waals surface area contributed by atoms with Crippen molar-refractivity contribution in [2.75, 3.05) is 69.2 Å². The number of aromatic carboxylic acids is 2. The summed E-state index contributed by atoms with van der Waals surface area (Å²) in [7, 11) is 3.63. The maximum Gasteiger partial charge on any atom is 1.00 e. The minimum atomic E-state index is -1.39. The van der Waals surface area contributed by atoms with E-state index in [1.54, 1.807) is 70.5 Å². The maximum absolute atomic E-state index is 12.8. The number of H-pyrrole nitrogens is 6. The van der Waals surface area contributed by atoms with Gasteiger partial charge < -0.3 is 81.9 Å². The summed E-state index contributed by atoms with van der Waals surface area (Å²) >= 11 is 52.3. The van der Waals surface area contributed by atoms with E-state index in [-0.39, 0.29) is 173 Å². The van der Waals surface area contributed by atoms with Gasteiger partial charge in [0, 0.05) is 38.3 Å². The van der Waals surface area contributed by atoms with Crippen LogP contribution in [0.1, 0.15) is 172 Å². The van der Waals surface area contributed by atoms with Gasteiger partial charge >= 0.3 is 83.0 Å². The van der Waals surface area contributed by atoms with Crippen LogP contribution in [-0.2, 0) is 23.7 Å². The molecule has 0 aliphatic carbocycles. The number of benzene rings is 4. The zero-order valence-corrected chi connectivity index (χ0v) is 79.0. The number of nitrogens with one attached hydrogen (secondary N) is 10. The molecule has 17 N–H and O–H groups in total. The van der Waals surface area contributed by atoms with E-state index in [0.29, 0.717) is 31.6 Å². The molecular formula is C75H80Cl9N22NaO24. The third kappa shape index (κ3) is 35.2. The number of amides is 6. The van der Waals surface area contributed by atoms with Crippen LogP contribution in [0.15, 0.2) is 110 Å². The van der Waals surface area contributed by atoms with Crippen molar-refractivity contribution in [2.24, 2.45) is 5.73 Å². The number of methoxy groups -OCH3 is 3. The number of nitrogens with two attached hydrogens (primary N) is 2. The van der Waals surface area contributed by atoms with Crippen molar-refractivity contribution in [3.8, 4) is 0 Å². The maximum atomic E-state index is 12.8. The van der Waals surface area contributed by atoms with Crippen LogP contribution in [0, 0.1) is 20.2 Å². The van der Waals surface area contributed by atoms with E-state index in [1.807, 2.05) is 46.6 Å². The Morgan fingerprint density at radius 3 is 1.04 bits per heavy atom. The van der Waals surface area contributed by atoms with Gasteiger partial charge in [0.2, 0.25) is 11.4 Å². The van der Waals surface area contributed by atoms with Crippen LogP contribution < -0.4 is 62.3 Å². The number of carbonyl (C=O) groups is 12. The van der Waals surface area contributed by atoms with Crippen molar-refractivity contribution < 1.29 is 136 Å². The summed E-state index contributed by atoms with van der Waals surface area (Å²) in [5, 5.41) is 84.1. The van der Waals surface area contributed by atoms with Crippen molar-refractivity contribution >= 4 is 209 Å². The Morgan fingerprint density at radius 1 is 0.435 bits per heavy atom. The number of anilines is 4. The molecule has 698 valence electrons. The minimum Gasteiger partial charge on any atom is -0.870 e. The number of nitrogens with zero attached hydrogens (tertiary/aromatic N) is 10. The van der Waals surface area contributed by atoms with Crippen molar-refractivity contribution in [2.45, 2.75) is 90.5 Å². The van der Waals surface area contributed by atoms with E-state index in [0.717, 1.165) is 45.4 Å². The van der Waals surface area contributed by atoms with Gasteiger partial charge in [0.25, 0.3) is 28.9 Å². The van der Waals surface area contributed by atoms with Crippen molar-refractivity contribution in [3.63, 3.8) is 0 Å². The van der Waals surface area contributed by atoms with Crippen LogP contribution in [0.3, 0.4) is 0 Å². The molecule has 0 unspecified atom stereocenters. The topological polar surface area (TPSA) is 686 Å². The number of carbonyl (C=O) groups excluding carboxylic acids is 10. The number of ether oxygens (including phenoxy) is 5. The predicted molar refractivity (Wildman–Crippen MR) is 472 cm³/mol. The fourth-order valence-electron chi connectivity index (χ4n) is 10.1. The first-order valence-corrected chi connectivity index (χ1v) is 39.9. The van der Waals surface area contributed by atoms with Crippen molar-refractivity contribution in [3.05, 3.63) is 227 Å². The molecule has 2 aliphatic heterocycles. The smallest absolute Gasteiger partial charge is 0.870 e. The van der Waals surface area contributed by atoms with Gasteiger partial charge in [-0.3, -0.25) is 74.8 Å². The van der Waals surface area contributed by atoms with Gasteiger partial charge in [-0.1, -0.05) is 117 Å². The number of piperidine rings is 2. The van der Waals surface area contributed by atoms with Crippen molar-refractivity contribution in [1.82, 2.24) is 76.3 Å². The second-order valence-electron chi connectivity index (χ2n) is 27.6. The summed E-state index contributed by atoms with van der Waals surface area (Å²) in [6.45, 7) is 13.5. The standard InChI is InChI=1S/C21H25Cl2N5O4.C12H9Cl2N3O3.C11H7Cl2N3O3.C10H20N2O2.C7H3Cl3O.C5H5N3O4.C5H7N3O2.C4H3N3O4.Na.H2O/c1-21(2,3)32-20(31)28-9-7-12(8-10-28)25-19(30)17-15(11-24-27-17)26-18(29)16-13(22)5-4-6-14(16)23;1-20-12(19)10-8(5-15-17-10)16-11(18)9-6(13)3-2-4-7(9)14;12-5-2-1-3-6(13)8(5)10(17)15-7-4-14-16-9(7)11(18)19;1-10(2,3)14-9(13)12-6-4-8(11)5-7-12;8-4-2-1-3-5(9)6(4)7(10)11;1-12-5(9)4-3(8(10)11)2-6-7-4;1-10-5(9)4-3(6)2-7-8-4;8-4(9)3-2(7(10)11)1-5-6-3;;/h4-6,11-12H,7-10H2,1-3H3,(H,24,27)(H,25,30)(H,26,29);2-5H,1H3,(H,15,17)(H,16,18);1-4H,(H,14,16)(H,15,17)(H,18,19);8H,4-7,11H2,1-3H3;1-3H;2H,1H3,(H,6,7);2H,6H2,1H3,(H,7,8);1H,(H,5,6)(H,8,9);;1H2/q;;;;;;;;+1;/p-1. The normalized spacial score (nSPS) is 11.9. The molecule has 131 heavy (non-hydrogen) atoms. The Labute approximate surface area is 808 Å². The molecule has 6 amide bonds. The number of hydrogen-bond acceptors (Lipinski definition) is 30. The Morgan fingerprint density at radius 2 is 0.718 bits per heavy atom. The molecule has 46 nitrogen and oxygen atoms in total.